The minimum Gasteiger partial charge on any atom is -0.465 e. The molecule has 9 nitrogen and oxygen atoms in total. The number of rotatable bonds is 3. The topological polar surface area (TPSA) is 115 Å². The van der Waals surface area contributed by atoms with E-state index < -0.39 is 6.09 Å². The van der Waals surface area contributed by atoms with Crippen LogP contribution >= 0.6 is 0 Å². The van der Waals surface area contributed by atoms with E-state index in [4.69, 9.17) is 0 Å². The number of nitrogens with one attached hydrogen (secondary N) is 1. The Morgan fingerprint density at radius 3 is 2.68 bits per heavy atom. The zero-order valence-electron chi connectivity index (χ0n) is 20.9. The van der Waals surface area contributed by atoms with Gasteiger partial charge in [0, 0.05) is 49.2 Å². The van der Waals surface area contributed by atoms with Crippen molar-refractivity contribution in [2.75, 3.05) is 13.1 Å². The normalized spacial score (nSPS) is 17.3. The van der Waals surface area contributed by atoms with E-state index in [1.807, 2.05) is 19.3 Å². The molecule has 2 amide bonds. The number of aromatic amines is 1. The highest BCUT2D eigenvalue weighted by Gasteiger charge is 2.34. The Labute approximate surface area is 214 Å². The maximum atomic E-state index is 13.3. The fourth-order valence-corrected chi connectivity index (χ4v) is 5.61. The van der Waals surface area contributed by atoms with Crippen molar-refractivity contribution in [2.45, 2.75) is 45.7 Å². The van der Waals surface area contributed by atoms with E-state index in [1.165, 1.54) is 11.1 Å². The van der Waals surface area contributed by atoms with Crippen LogP contribution in [0.5, 0.6) is 0 Å². The first kappa shape index (κ1) is 23.1. The number of H-pyrrole nitrogens is 1. The summed E-state index contributed by atoms with van der Waals surface area (Å²) < 4.78 is 0. The minimum atomic E-state index is -0.911. The molecule has 3 aromatic heterocycles. The molecule has 0 spiro atoms. The zero-order chi connectivity index (χ0) is 25.7. The van der Waals surface area contributed by atoms with Gasteiger partial charge in [-0.05, 0) is 73.1 Å². The summed E-state index contributed by atoms with van der Waals surface area (Å²) in [4.78, 5) is 45.0. The van der Waals surface area contributed by atoms with Gasteiger partial charge in [0.1, 0.15) is 11.3 Å². The maximum absolute atomic E-state index is 13.3. The Hall–Kier alpha value is -4.27. The van der Waals surface area contributed by atoms with Gasteiger partial charge in [0.05, 0.1) is 17.9 Å². The summed E-state index contributed by atoms with van der Waals surface area (Å²) in [5.74, 6) is -0.160. The number of aromatic nitrogens is 4. The van der Waals surface area contributed by atoms with Gasteiger partial charge in [0.2, 0.25) is 0 Å². The number of carboxylic acid groups (broad SMARTS) is 1. The molecule has 188 valence electrons. The standard InChI is InChI=1S/C28H28N6O3/c1-16-11-31-26-21(16)10-20(13-32-26)19-8-18-5-7-33(27(35)24-14-29-17(2)12-30-24)15-23(18)22(9-19)25-4-3-6-34(25)28(36)37/h8-14,25H,3-7,15H2,1-2H3,(H,31,32)(H,36,37)/t25-/m0/s1. The van der Waals surface area contributed by atoms with Crippen molar-refractivity contribution in [3.05, 3.63) is 76.6 Å². The van der Waals surface area contributed by atoms with Crippen LogP contribution in [0, 0.1) is 13.8 Å². The Kier molecular flexibility index (Phi) is 5.62. The molecule has 4 aromatic rings. The predicted octanol–water partition coefficient (Wildman–Crippen LogP) is 4.65. The van der Waals surface area contributed by atoms with Crippen molar-refractivity contribution in [1.29, 1.82) is 0 Å². The molecule has 0 unspecified atom stereocenters. The number of hydrogen-bond acceptors (Lipinski definition) is 5. The second-order valence-corrected chi connectivity index (χ2v) is 9.95. The molecule has 1 atom stereocenters. The lowest BCUT2D eigenvalue weighted by Crippen LogP contribution is -2.38. The molecular weight excluding hydrogens is 468 g/mol. The van der Waals surface area contributed by atoms with E-state index in [0.717, 1.165) is 62.9 Å². The molecule has 5 heterocycles. The fraction of sp³-hybridized carbons (Fsp3) is 0.321. The third-order valence-corrected chi connectivity index (χ3v) is 7.59. The van der Waals surface area contributed by atoms with Gasteiger partial charge in [0.15, 0.2) is 0 Å². The summed E-state index contributed by atoms with van der Waals surface area (Å²) in [6, 6.07) is 6.18. The highest BCUT2D eigenvalue weighted by Crippen LogP contribution is 2.40. The van der Waals surface area contributed by atoms with Crippen molar-refractivity contribution in [1.82, 2.24) is 29.7 Å². The van der Waals surface area contributed by atoms with Crippen molar-refractivity contribution in [3.8, 4) is 11.1 Å². The van der Waals surface area contributed by atoms with Crippen LogP contribution in [0.15, 0.2) is 43.0 Å². The lowest BCUT2D eigenvalue weighted by Gasteiger charge is -2.33. The van der Waals surface area contributed by atoms with Crippen molar-refractivity contribution in [2.24, 2.45) is 0 Å². The van der Waals surface area contributed by atoms with E-state index in [9.17, 15) is 14.7 Å². The van der Waals surface area contributed by atoms with E-state index >= 15 is 0 Å². The molecule has 1 aromatic carbocycles. The van der Waals surface area contributed by atoms with Gasteiger partial charge in [-0.2, -0.15) is 0 Å². The van der Waals surface area contributed by atoms with Gasteiger partial charge in [0.25, 0.3) is 5.91 Å². The van der Waals surface area contributed by atoms with E-state index in [-0.39, 0.29) is 11.9 Å². The Morgan fingerprint density at radius 1 is 1.03 bits per heavy atom. The number of benzene rings is 1. The monoisotopic (exact) mass is 496 g/mol. The first-order valence-electron chi connectivity index (χ1n) is 12.6. The first-order valence-corrected chi connectivity index (χ1v) is 12.6. The van der Waals surface area contributed by atoms with Crippen LogP contribution in [-0.4, -0.2) is 59.9 Å². The van der Waals surface area contributed by atoms with Gasteiger partial charge in [-0.15, -0.1) is 0 Å². The number of hydrogen-bond donors (Lipinski definition) is 2. The SMILES string of the molecule is Cc1cnc(C(=O)N2CCc3cc(-c4cnc5[nH]cc(C)c5c4)cc([C@@H]4CCCN4C(=O)O)c3C2)cn1. The number of nitrogens with zero attached hydrogens (tertiary/aromatic N) is 5. The summed E-state index contributed by atoms with van der Waals surface area (Å²) in [7, 11) is 0. The number of pyridine rings is 1. The molecule has 9 heteroatoms. The molecule has 0 aliphatic carbocycles. The van der Waals surface area contributed by atoms with E-state index in [1.54, 1.807) is 11.1 Å². The molecule has 2 aliphatic heterocycles. The van der Waals surface area contributed by atoms with Gasteiger partial charge in [-0.1, -0.05) is 6.07 Å². The number of likely N-dealkylation sites (tertiary alicyclic amines) is 1. The molecule has 0 saturated carbocycles. The van der Waals surface area contributed by atoms with Crippen molar-refractivity contribution >= 4 is 23.0 Å². The van der Waals surface area contributed by atoms with Gasteiger partial charge in [-0.25, -0.2) is 14.8 Å². The third kappa shape index (κ3) is 4.10. The smallest absolute Gasteiger partial charge is 0.407 e. The summed E-state index contributed by atoms with van der Waals surface area (Å²) >= 11 is 0. The van der Waals surface area contributed by atoms with E-state index in [0.29, 0.717) is 31.7 Å². The third-order valence-electron chi connectivity index (χ3n) is 7.59. The maximum Gasteiger partial charge on any atom is 0.407 e. The molecule has 1 saturated heterocycles. The molecular formula is C28H28N6O3. The second-order valence-electron chi connectivity index (χ2n) is 9.95. The van der Waals surface area contributed by atoms with Gasteiger partial charge in [-0.3, -0.25) is 9.78 Å². The lowest BCUT2D eigenvalue weighted by molar-refractivity contribution is 0.0726. The Balaban J connectivity index is 1.43. The van der Waals surface area contributed by atoms with Crippen molar-refractivity contribution < 1.29 is 14.7 Å². The lowest BCUT2D eigenvalue weighted by atomic mass is 9.86. The zero-order valence-corrected chi connectivity index (χ0v) is 20.9. The van der Waals surface area contributed by atoms with Crippen LogP contribution < -0.4 is 0 Å². The molecule has 0 bridgehead atoms. The molecule has 6 rings (SSSR count). The average Bonchev–Trinajstić information content (AvgIpc) is 3.55. The molecule has 1 fully saturated rings. The van der Waals surface area contributed by atoms with Crippen LogP contribution in [0.2, 0.25) is 0 Å². The number of fused-ring (bicyclic) bond motifs is 2. The van der Waals surface area contributed by atoms with Crippen LogP contribution in [0.4, 0.5) is 4.79 Å². The van der Waals surface area contributed by atoms with Crippen molar-refractivity contribution in [3.63, 3.8) is 0 Å². The summed E-state index contributed by atoms with van der Waals surface area (Å²) in [6.45, 7) is 5.37. The molecule has 2 aliphatic rings. The molecule has 37 heavy (non-hydrogen) atoms. The highest BCUT2D eigenvalue weighted by atomic mass is 16.4. The quantitative estimate of drug-likeness (QED) is 0.427. The number of carbonyl (C=O) groups is 2. The number of carbonyl (C=O) groups excluding carboxylic acids is 1. The highest BCUT2D eigenvalue weighted by molar-refractivity contribution is 5.92. The van der Waals surface area contributed by atoms with Crippen LogP contribution in [0.1, 0.15) is 57.3 Å². The minimum absolute atomic E-state index is 0.160. The number of aryl methyl sites for hydroxylation is 2. The van der Waals surface area contributed by atoms with Crippen LogP contribution in [-0.2, 0) is 13.0 Å². The first-order chi connectivity index (χ1) is 17.9. The fourth-order valence-electron chi connectivity index (χ4n) is 5.61. The molecule has 2 N–H and O–H groups in total. The Morgan fingerprint density at radius 2 is 1.89 bits per heavy atom. The van der Waals surface area contributed by atoms with Crippen LogP contribution in [0.25, 0.3) is 22.2 Å². The largest absolute Gasteiger partial charge is 0.465 e. The number of amides is 2. The molecule has 0 radical (unpaired) electrons. The van der Waals surface area contributed by atoms with Crippen LogP contribution in [0.3, 0.4) is 0 Å². The van der Waals surface area contributed by atoms with Gasteiger partial charge >= 0.3 is 6.09 Å². The summed E-state index contributed by atoms with van der Waals surface area (Å²) in [5.41, 5.74) is 8.23. The summed E-state index contributed by atoms with van der Waals surface area (Å²) in [5, 5.41) is 11.0. The predicted molar refractivity (Wildman–Crippen MR) is 138 cm³/mol. The van der Waals surface area contributed by atoms with Gasteiger partial charge < -0.3 is 19.9 Å². The average molecular weight is 497 g/mol. The Bertz CT molecular complexity index is 1530. The summed E-state index contributed by atoms with van der Waals surface area (Å²) in [6.07, 6.45) is 8.28. The van der Waals surface area contributed by atoms with E-state index in [2.05, 4.69) is 45.1 Å². The second kappa shape index (κ2) is 8.99.